The normalized spacial score (nSPS) is 20.0. The summed E-state index contributed by atoms with van der Waals surface area (Å²) in [5.74, 6) is 0.732. The van der Waals surface area contributed by atoms with E-state index in [4.69, 9.17) is 9.84 Å². The summed E-state index contributed by atoms with van der Waals surface area (Å²) in [6, 6.07) is 1.88. The Kier molecular flexibility index (Phi) is 3.92. The van der Waals surface area contributed by atoms with Gasteiger partial charge in [-0.05, 0) is 50.7 Å². The first kappa shape index (κ1) is 15.4. The fourth-order valence-electron chi connectivity index (χ4n) is 3.39. The summed E-state index contributed by atoms with van der Waals surface area (Å²) in [6.45, 7) is 6.01. The lowest BCUT2D eigenvalue weighted by atomic mass is 10.1. The molecular formula is C18H24N4O2. The van der Waals surface area contributed by atoms with E-state index in [0.29, 0.717) is 18.7 Å². The zero-order chi connectivity index (χ0) is 16.7. The molecule has 6 heteroatoms. The van der Waals surface area contributed by atoms with Crippen molar-refractivity contribution in [1.29, 1.82) is 0 Å². The molecule has 4 rings (SSSR count). The van der Waals surface area contributed by atoms with Crippen molar-refractivity contribution >= 4 is 5.91 Å². The Hall–Kier alpha value is -2.08. The molecule has 0 spiro atoms. The second-order valence-electron chi connectivity index (χ2n) is 7.02. The van der Waals surface area contributed by atoms with E-state index < -0.39 is 0 Å². The molecule has 0 aromatic carbocycles. The minimum absolute atomic E-state index is 0.0648. The molecule has 6 nitrogen and oxygen atoms in total. The number of nitrogens with one attached hydrogen (secondary N) is 2. The van der Waals surface area contributed by atoms with Gasteiger partial charge in [-0.25, -0.2) is 0 Å². The van der Waals surface area contributed by atoms with Gasteiger partial charge in [-0.2, -0.15) is 5.10 Å². The molecule has 1 aliphatic heterocycles. The molecule has 0 saturated heterocycles. The molecule has 1 aliphatic carbocycles. The van der Waals surface area contributed by atoms with Gasteiger partial charge in [0.05, 0.1) is 17.9 Å². The van der Waals surface area contributed by atoms with E-state index >= 15 is 0 Å². The summed E-state index contributed by atoms with van der Waals surface area (Å²) in [5, 5.41) is 7.71. The van der Waals surface area contributed by atoms with Crippen molar-refractivity contribution in [2.45, 2.75) is 45.8 Å². The van der Waals surface area contributed by atoms with Gasteiger partial charge in [0.2, 0.25) is 0 Å². The Labute approximate surface area is 141 Å². The number of carbonyl (C=O) groups is 1. The van der Waals surface area contributed by atoms with Crippen LogP contribution >= 0.6 is 0 Å². The maximum atomic E-state index is 12.4. The van der Waals surface area contributed by atoms with E-state index in [1.54, 1.807) is 0 Å². The van der Waals surface area contributed by atoms with Crippen LogP contribution in [0, 0.1) is 19.8 Å². The predicted octanol–water partition coefficient (Wildman–Crippen LogP) is 2.28. The molecule has 0 unspecified atom stereocenters. The molecular weight excluding hydrogens is 304 g/mol. The van der Waals surface area contributed by atoms with Gasteiger partial charge in [0.1, 0.15) is 6.10 Å². The highest BCUT2D eigenvalue weighted by molar-refractivity contribution is 5.95. The van der Waals surface area contributed by atoms with Gasteiger partial charge in [-0.3, -0.25) is 9.48 Å². The van der Waals surface area contributed by atoms with Crippen molar-refractivity contribution in [3.05, 3.63) is 40.5 Å². The van der Waals surface area contributed by atoms with E-state index in [0.717, 1.165) is 36.0 Å². The lowest BCUT2D eigenvalue weighted by molar-refractivity contribution is 0.0383. The zero-order valence-corrected chi connectivity index (χ0v) is 14.3. The molecule has 1 atom stereocenters. The number of rotatable bonds is 5. The Balaban J connectivity index is 1.43. The van der Waals surface area contributed by atoms with Crippen molar-refractivity contribution in [3.8, 4) is 0 Å². The van der Waals surface area contributed by atoms with Crippen LogP contribution in [0.5, 0.6) is 0 Å². The Morgan fingerprint density at radius 2 is 2.29 bits per heavy atom. The third-order valence-corrected chi connectivity index (χ3v) is 4.85. The van der Waals surface area contributed by atoms with Gasteiger partial charge in [0.25, 0.3) is 5.91 Å². The molecule has 24 heavy (non-hydrogen) atoms. The van der Waals surface area contributed by atoms with Gasteiger partial charge < -0.3 is 15.0 Å². The van der Waals surface area contributed by atoms with Crippen LogP contribution in [-0.2, 0) is 17.7 Å². The smallest absolute Gasteiger partial charge is 0.253 e. The van der Waals surface area contributed by atoms with Crippen molar-refractivity contribution in [3.63, 3.8) is 0 Å². The molecule has 2 aromatic rings. The van der Waals surface area contributed by atoms with Crippen LogP contribution < -0.4 is 5.32 Å². The monoisotopic (exact) mass is 328 g/mol. The quantitative estimate of drug-likeness (QED) is 0.884. The molecule has 0 bridgehead atoms. The van der Waals surface area contributed by atoms with Gasteiger partial charge in [-0.1, -0.05) is 0 Å². The zero-order valence-electron chi connectivity index (χ0n) is 14.3. The summed E-state index contributed by atoms with van der Waals surface area (Å²) in [7, 11) is 0. The number of aryl methyl sites for hydroxylation is 2. The Morgan fingerprint density at radius 3 is 3.00 bits per heavy atom. The van der Waals surface area contributed by atoms with Crippen LogP contribution in [0.2, 0.25) is 0 Å². The number of fused-ring (bicyclic) bond motifs is 1. The van der Waals surface area contributed by atoms with E-state index in [2.05, 4.69) is 21.2 Å². The van der Waals surface area contributed by atoms with Gasteiger partial charge in [0.15, 0.2) is 0 Å². The van der Waals surface area contributed by atoms with E-state index in [1.165, 1.54) is 18.4 Å². The number of aromatic nitrogens is 3. The predicted molar refractivity (Wildman–Crippen MR) is 89.9 cm³/mol. The lowest BCUT2D eigenvalue weighted by Crippen LogP contribution is -2.32. The van der Waals surface area contributed by atoms with Crippen molar-refractivity contribution in [1.82, 2.24) is 20.1 Å². The minimum atomic E-state index is -0.154. The fourth-order valence-corrected chi connectivity index (χ4v) is 3.39. The maximum absolute atomic E-state index is 12.4. The highest BCUT2D eigenvalue weighted by atomic mass is 16.5. The number of hydrogen-bond donors (Lipinski definition) is 2. The molecule has 128 valence electrons. The molecule has 2 aromatic heterocycles. The highest BCUT2D eigenvalue weighted by Gasteiger charge is 2.28. The molecule has 2 aliphatic rings. The van der Waals surface area contributed by atoms with Crippen LogP contribution in [0.4, 0.5) is 0 Å². The maximum Gasteiger partial charge on any atom is 0.253 e. The van der Waals surface area contributed by atoms with Gasteiger partial charge in [0, 0.05) is 30.7 Å². The van der Waals surface area contributed by atoms with Crippen molar-refractivity contribution < 1.29 is 9.53 Å². The Bertz CT molecular complexity index is 757. The number of aromatic amines is 1. The minimum Gasteiger partial charge on any atom is -0.370 e. The molecule has 1 amide bonds. The van der Waals surface area contributed by atoms with Gasteiger partial charge in [-0.15, -0.1) is 0 Å². The van der Waals surface area contributed by atoms with Crippen molar-refractivity contribution in [2.75, 3.05) is 13.2 Å². The number of H-pyrrole nitrogens is 1. The van der Waals surface area contributed by atoms with Crippen molar-refractivity contribution in [2.24, 2.45) is 5.92 Å². The van der Waals surface area contributed by atoms with E-state index in [-0.39, 0.29) is 12.0 Å². The number of amides is 1. The first-order valence-corrected chi connectivity index (χ1v) is 8.72. The first-order chi connectivity index (χ1) is 11.6. The summed E-state index contributed by atoms with van der Waals surface area (Å²) >= 11 is 0. The third kappa shape index (κ3) is 3.11. The number of carbonyl (C=O) groups excluding carboxylic acids is 1. The van der Waals surface area contributed by atoms with Gasteiger partial charge >= 0.3 is 0 Å². The van der Waals surface area contributed by atoms with Crippen LogP contribution in [0.25, 0.3) is 0 Å². The summed E-state index contributed by atoms with van der Waals surface area (Å²) in [5.41, 5.74) is 4.83. The Morgan fingerprint density at radius 1 is 1.46 bits per heavy atom. The molecule has 1 fully saturated rings. The average molecular weight is 328 g/mol. The van der Waals surface area contributed by atoms with Crippen LogP contribution in [0.15, 0.2) is 12.3 Å². The standard InChI is InChI=1S/C18H24N4O2/c1-11-7-15(12(2)20-11)18(23)19-8-16-17-14(5-6-24-16)10-22(21-17)9-13-3-4-13/h7,10,13,16,20H,3-6,8-9H2,1-2H3,(H,19,23)/t16-/m0/s1. The van der Waals surface area contributed by atoms with Crippen LogP contribution in [0.1, 0.15) is 51.9 Å². The SMILES string of the molecule is Cc1cc(C(=O)NC[C@@H]2OCCc3cn(CC4CC4)nc32)c(C)[nH]1. The average Bonchev–Trinajstić information content (AvgIpc) is 3.15. The largest absolute Gasteiger partial charge is 0.370 e. The summed E-state index contributed by atoms with van der Waals surface area (Å²) < 4.78 is 7.92. The number of hydrogen-bond acceptors (Lipinski definition) is 3. The second kappa shape index (κ2) is 6.09. The second-order valence-corrected chi connectivity index (χ2v) is 7.02. The van der Waals surface area contributed by atoms with Crippen LogP contribution in [0.3, 0.4) is 0 Å². The first-order valence-electron chi connectivity index (χ1n) is 8.72. The molecule has 1 saturated carbocycles. The third-order valence-electron chi connectivity index (χ3n) is 4.85. The fraction of sp³-hybridized carbons (Fsp3) is 0.556. The van der Waals surface area contributed by atoms with E-state index in [1.807, 2.05) is 19.9 Å². The highest BCUT2D eigenvalue weighted by Crippen LogP contribution is 2.32. The van der Waals surface area contributed by atoms with E-state index in [9.17, 15) is 4.79 Å². The summed E-state index contributed by atoms with van der Waals surface area (Å²) in [6.07, 6.45) is 5.54. The number of ether oxygens (including phenoxy) is 1. The summed E-state index contributed by atoms with van der Waals surface area (Å²) in [4.78, 5) is 15.5. The number of nitrogens with zero attached hydrogens (tertiary/aromatic N) is 2. The molecule has 0 radical (unpaired) electrons. The molecule has 3 heterocycles. The molecule has 2 N–H and O–H groups in total. The lowest BCUT2D eigenvalue weighted by Gasteiger charge is -2.22. The topological polar surface area (TPSA) is 71.9 Å². The van der Waals surface area contributed by atoms with Crippen LogP contribution in [-0.4, -0.2) is 33.8 Å².